The van der Waals surface area contributed by atoms with E-state index < -0.39 is 0 Å². The van der Waals surface area contributed by atoms with Crippen molar-refractivity contribution in [3.63, 3.8) is 0 Å². The van der Waals surface area contributed by atoms with Crippen molar-refractivity contribution in [2.24, 2.45) is 11.1 Å². The number of esters is 1. The fourth-order valence-corrected chi connectivity index (χ4v) is 2.13. The molecule has 4 nitrogen and oxygen atoms in total. The van der Waals surface area contributed by atoms with E-state index >= 15 is 0 Å². The Morgan fingerprint density at radius 2 is 2.00 bits per heavy atom. The Hall–Kier alpha value is -1.55. The number of carbonyl (C=O) groups excluding carboxylic acids is 1. The normalized spacial score (nSPS) is 16.8. The number of nitrogens with two attached hydrogens (primary N) is 1. The second-order valence-corrected chi connectivity index (χ2v) is 4.86. The smallest absolute Gasteiger partial charge is 0.337 e. The van der Waals surface area contributed by atoms with Crippen LogP contribution in [0.25, 0.3) is 0 Å². The van der Waals surface area contributed by atoms with Gasteiger partial charge in [-0.05, 0) is 37.1 Å². The van der Waals surface area contributed by atoms with Gasteiger partial charge in [0.05, 0.1) is 19.3 Å². The molecule has 0 heterocycles. The molecule has 18 heavy (non-hydrogen) atoms. The lowest BCUT2D eigenvalue weighted by atomic mass is 9.69. The van der Waals surface area contributed by atoms with Crippen molar-refractivity contribution < 1.29 is 14.3 Å². The number of hydrogen-bond donors (Lipinski definition) is 1. The summed E-state index contributed by atoms with van der Waals surface area (Å²) in [4.78, 5) is 11.3. The van der Waals surface area contributed by atoms with Gasteiger partial charge in [0.2, 0.25) is 0 Å². The predicted molar refractivity (Wildman–Crippen MR) is 68.6 cm³/mol. The van der Waals surface area contributed by atoms with Gasteiger partial charge in [0, 0.05) is 12.0 Å². The molecule has 0 unspecified atom stereocenters. The van der Waals surface area contributed by atoms with Crippen LogP contribution in [0.5, 0.6) is 5.75 Å². The highest BCUT2D eigenvalue weighted by Crippen LogP contribution is 2.40. The van der Waals surface area contributed by atoms with Crippen LogP contribution in [0, 0.1) is 5.41 Å². The van der Waals surface area contributed by atoms with E-state index in [4.69, 9.17) is 10.5 Å². The van der Waals surface area contributed by atoms with Crippen molar-refractivity contribution in [2.45, 2.75) is 19.3 Å². The van der Waals surface area contributed by atoms with Crippen LogP contribution in [0.15, 0.2) is 24.3 Å². The van der Waals surface area contributed by atoms with Crippen molar-refractivity contribution in [3.05, 3.63) is 29.8 Å². The van der Waals surface area contributed by atoms with Crippen LogP contribution in [0.4, 0.5) is 0 Å². The third-order valence-corrected chi connectivity index (χ3v) is 3.67. The second kappa shape index (κ2) is 5.40. The molecule has 1 aliphatic carbocycles. The maximum atomic E-state index is 11.3. The third-order valence-electron chi connectivity index (χ3n) is 3.67. The Morgan fingerprint density at radius 1 is 1.33 bits per heavy atom. The molecule has 2 rings (SSSR count). The summed E-state index contributed by atoms with van der Waals surface area (Å²) in [6, 6.07) is 6.98. The monoisotopic (exact) mass is 249 g/mol. The van der Waals surface area contributed by atoms with Crippen molar-refractivity contribution in [1.82, 2.24) is 0 Å². The van der Waals surface area contributed by atoms with E-state index in [2.05, 4.69) is 4.74 Å². The maximum absolute atomic E-state index is 11.3. The van der Waals surface area contributed by atoms with E-state index in [1.807, 2.05) is 0 Å². The molecule has 4 heteroatoms. The molecule has 0 bridgehead atoms. The SMILES string of the molecule is COC(=O)c1ccc(OCC2(CN)CCC2)cc1. The van der Waals surface area contributed by atoms with E-state index in [1.54, 1.807) is 24.3 Å². The molecular formula is C14H19NO3. The summed E-state index contributed by atoms with van der Waals surface area (Å²) in [6.45, 7) is 1.33. The molecule has 1 aliphatic rings. The first-order chi connectivity index (χ1) is 8.69. The van der Waals surface area contributed by atoms with E-state index in [-0.39, 0.29) is 11.4 Å². The Balaban J connectivity index is 1.92. The van der Waals surface area contributed by atoms with Crippen molar-refractivity contribution in [2.75, 3.05) is 20.3 Å². The minimum absolute atomic E-state index is 0.168. The second-order valence-electron chi connectivity index (χ2n) is 4.86. The van der Waals surface area contributed by atoms with Crippen LogP contribution in [0.3, 0.4) is 0 Å². The molecule has 1 aromatic rings. The standard InChI is InChI=1S/C14H19NO3/c1-17-13(16)11-3-5-12(6-4-11)18-10-14(9-15)7-2-8-14/h3-6H,2,7-10,15H2,1H3. The maximum Gasteiger partial charge on any atom is 0.337 e. The molecule has 0 saturated heterocycles. The van der Waals surface area contributed by atoms with E-state index in [9.17, 15) is 4.79 Å². The number of carbonyl (C=O) groups is 1. The minimum atomic E-state index is -0.334. The summed E-state index contributed by atoms with van der Waals surface area (Å²) >= 11 is 0. The summed E-state index contributed by atoms with van der Waals surface area (Å²) < 4.78 is 10.4. The third kappa shape index (κ3) is 2.64. The number of ether oxygens (including phenoxy) is 2. The van der Waals surface area contributed by atoms with Crippen LogP contribution >= 0.6 is 0 Å². The lowest BCUT2D eigenvalue weighted by Gasteiger charge is -2.40. The summed E-state index contributed by atoms with van der Waals surface area (Å²) in [5, 5.41) is 0. The zero-order valence-corrected chi connectivity index (χ0v) is 10.6. The van der Waals surface area contributed by atoms with Gasteiger partial charge >= 0.3 is 5.97 Å². The largest absolute Gasteiger partial charge is 0.493 e. The molecule has 0 radical (unpaired) electrons. The zero-order valence-electron chi connectivity index (χ0n) is 10.6. The van der Waals surface area contributed by atoms with Gasteiger partial charge in [-0.3, -0.25) is 0 Å². The van der Waals surface area contributed by atoms with Gasteiger partial charge in [-0.25, -0.2) is 4.79 Å². The Morgan fingerprint density at radius 3 is 2.44 bits per heavy atom. The first-order valence-electron chi connectivity index (χ1n) is 6.20. The topological polar surface area (TPSA) is 61.5 Å². The van der Waals surface area contributed by atoms with E-state index in [0.29, 0.717) is 18.7 Å². The molecule has 1 saturated carbocycles. The predicted octanol–water partition coefficient (Wildman–Crippen LogP) is 1.98. The molecular weight excluding hydrogens is 230 g/mol. The molecule has 1 aromatic carbocycles. The minimum Gasteiger partial charge on any atom is -0.493 e. The van der Waals surface area contributed by atoms with Crippen LogP contribution in [-0.2, 0) is 4.74 Å². The van der Waals surface area contributed by atoms with E-state index in [1.165, 1.54) is 13.5 Å². The Labute approximate surface area is 107 Å². The van der Waals surface area contributed by atoms with Crippen LogP contribution in [0.1, 0.15) is 29.6 Å². The molecule has 98 valence electrons. The quantitative estimate of drug-likeness (QED) is 0.810. The molecule has 1 fully saturated rings. The van der Waals surface area contributed by atoms with Gasteiger partial charge in [-0.2, -0.15) is 0 Å². The van der Waals surface area contributed by atoms with Gasteiger partial charge in [0.1, 0.15) is 5.75 Å². The molecule has 0 amide bonds. The number of hydrogen-bond acceptors (Lipinski definition) is 4. The fourth-order valence-electron chi connectivity index (χ4n) is 2.13. The average molecular weight is 249 g/mol. The number of methoxy groups -OCH3 is 1. The molecule has 0 spiro atoms. The van der Waals surface area contributed by atoms with Crippen LogP contribution in [-0.4, -0.2) is 26.2 Å². The van der Waals surface area contributed by atoms with Gasteiger partial charge in [0.15, 0.2) is 0 Å². The van der Waals surface area contributed by atoms with Crippen LogP contribution in [0.2, 0.25) is 0 Å². The molecule has 2 N–H and O–H groups in total. The highest BCUT2D eigenvalue weighted by atomic mass is 16.5. The van der Waals surface area contributed by atoms with Gasteiger partial charge in [-0.1, -0.05) is 6.42 Å². The van der Waals surface area contributed by atoms with Crippen LogP contribution < -0.4 is 10.5 Å². The summed E-state index contributed by atoms with van der Waals surface area (Å²) in [5.41, 5.74) is 6.47. The molecule has 0 aliphatic heterocycles. The molecule has 0 atom stereocenters. The van der Waals surface area contributed by atoms with Crippen molar-refractivity contribution >= 4 is 5.97 Å². The van der Waals surface area contributed by atoms with Crippen molar-refractivity contribution in [3.8, 4) is 5.75 Å². The highest BCUT2D eigenvalue weighted by Gasteiger charge is 2.36. The number of benzene rings is 1. The lowest BCUT2D eigenvalue weighted by molar-refractivity contribution is 0.0599. The summed E-state index contributed by atoms with van der Waals surface area (Å²) in [6.07, 6.45) is 3.52. The fraction of sp³-hybridized carbons (Fsp3) is 0.500. The number of rotatable bonds is 5. The summed E-state index contributed by atoms with van der Waals surface area (Å²) in [7, 11) is 1.37. The zero-order chi connectivity index (χ0) is 13.0. The Bertz CT molecular complexity index is 404. The molecule has 0 aromatic heterocycles. The van der Waals surface area contributed by atoms with E-state index in [0.717, 1.165) is 18.6 Å². The highest BCUT2D eigenvalue weighted by molar-refractivity contribution is 5.89. The first kappa shape index (κ1) is 12.9. The van der Waals surface area contributed by atoms with Crippen molar-refractivity contribution in [1.29, 1.82) is 0 Å². The Kier molecular flexibility index (Phi) is 3.87. The first-order valence-corrected chi connectivity index (χ1v) is 6.20. The van der Waals surface area contributed by atoms with Gasteiger partial charge in [0.25, 0.3) is 0 Å². The lowest BCUT2D eigenvalue weighted by Crippen LogP contribution is -2.42. The van der Waals surface area contributed by atoms with Gasteiger partial charge < -0.3 is 15.2 Å². The van der Waals surface area contributed by atoms with Gasteiger partial charge in [-0.15, -0.1) is 0 Å². The average Bonchev–Trinajstić information content (AvgIpc) is 2.38. The summed E-state index contributed by atoms with van der Waals surface area (Å²) in [5.74, 6) is 0.432.